The van der Waals surface area contributed by atoms with Gasteiger partial charge in [-0.1, -0.05) is 17.3 Å². The minimum Gasteiger partial charge on any atom is -0.491 e. The molecule has 2 heterocycles. The fraction of sp³-hybridized carbons (Fsp3) is 0.200. The lowest BCUT2D eigenvalue weighted by atomic mass is 10.1. The molecule has 7 nitrogen and oxygen atoms in total. The van der Waals surface area contributed by atoms with Crippen molar-refractivity contribution >= 4 is 11.8 Å². The molecule has 0 aliphatic carbocycles. The highest BCUT2D eigenvalue weighted by Gasteiger charge is 2.36. The van der Waals surface area contributed by atoms with Gasteiger partial charge in [0.15, 0.2) is 0 Å². The monoisotopic (exact) mass is 363 g/mol. The molecule has 0 saturated heterocycles. The topological polar surface area (TPSA) is 85.5 Å². The molecule has 0 radical (unpaired) electrons. The summed E-state index contributed by atoms with van der Waals surface area (Å²) >= 11 is 0. The predicted molar refractivity (Wildman–Crippen MR) is 96.1 cm³/mol. The van der Waals surface area contributed by atoms with Crippen molar-refractivity contribution in [3.05, 3.63) is 65.5 Å². The summed E-state index contributed by atoms with van der Waals surface area (Å²) in [7, 11) is 0. The van der Waals surface area contributed by atoms with Gasteiger partial charge < -0.3 is 9.26 Å². The van der Waals surface area contributed by atoms with Crippen molar-refractivity contribution in [2.24, 2.45) is 0 Å². The summed E-state index contributed by atoms with van der Waals surface area (Å²) in [5, 5.41) is 3.94. The quantitative estimate of drug-likeness (QED) is 0.647. The van der Waals surface area contributed by atoms with Crippen molar-refractivity contribution < 1.29 is 18.8 Å². The van der Waals surface area contributed by atoms with Gasteiger partial charge in [0, 0.05) is 5.56 Å². The van der Waals surface area contributed by atoms with Gasteiger partial charge in [0.1, 0.15) is 12.3 Å². The fourth-order valence-electron chi connectivity index (χ4n) is 2.91. The molecule has 3 aromatic rings. The minimum absolute atomic E-state index is 0.0616. The van der Waals surface area contributed by atoms with E-state index in [0.29, 0.717) is 17.0 Å². The van der Waals surface area contributed by atoms with Crippen molar-refractivity contribution in [2.75, 3.05) is 0 Å². The number of carbonyl (C=O) groups is 2. The SMILES string of the molecule is CC(C)Oc1ccc(-c2noc(CN3C(=O)c4ccccc4C3=O)n2)cc1. The maximum atomic E-state index is 12.4. The van der Waals surface area contributed by atoms with Gasteiger partial charge in [-0.15, -0.1) is 0 Å². The van der Waals surface area contributed by atoms with Gasteiger partial charge in [0.25, 0.3) is 11.8 Å². The van der Waals surface area contributed by atoms with Crippen LogP contribution in [-0.4, -0.2) is 33.0 Å². The highest BCUT2D eigenvalue weighted by atomic mass is 16.5. The van der Waals surface area contributed by atoms with Crippen LogP contribution in [0, 0.1) is 0 Å². The molecule has 0 saturated carbocycles. The number of ether oxygens (including phenoxy) is 1. The van der Waals surface area contributed by atoms with E-state index in [1.807, 2.05) is 38.1 Å². The normalized spacial score (nSPS) is 13.4. The smallest absolute Gasteiger partial charge is 0.262 e. The lowest BCUT2D eigenvalue weighted by Crippen LogP contribution is -2.29. The van der Waals surface area contributed by atoms with Gasteiger partial charge in [-0.3, -0.25) is 14.5 Å². The molecule has 0 atom stereocenters. The molecule has 1 aliphatic heterocycles. The van der Waals surface area contributed by atoms with E-state index in [1.54, 1.807) is 24.3 Å². The third-order valence-corrected chi connectivity index (χ3v) is 4.12. The van der Waals surface area contributed by atoms with Gasteiger partial charge in [-0.25, -0.2) is 0 Å². The summed E-state index contributed by atoms with van der Waals surface area (Å²) in [5.41, 5.74) is 1.54. The van der Waals surface area contributed by atoms with Crippen molar-refractivity contribution in [2.45, 2.75) is 26.5 Å². The van der Waals surface area contributed by atoms with Crippen molar-refractivity contribution in [1.29, 1.82) is 0 Å². The molecular formula is C20H17N3O4. The number of hydrogen-bond donors (Lipinski definition) is 0. The van der Waals surface area contributed by atoms with Gasteiger partial charge in [0.2, 0.25) is 11.7 Å². The van der Waals surface area contributed by atoms with Crippen molar-refractivity contribution in [1.82, 2.24) is 15.0 Å². The summed E-state index contributed by atoms with van der Waals surface area (Å²) < 4.78 is 10.8. The lowest BCUT2D eigenvalue weighted by Gasteiger charge is -2.10. The minimum atomic E-state index is -0.356. The zero-order valence-electron chi connectivity index (χ0n) is 14.9. The molecular weight excluding hydrogens is 346 g/mol. The Bertz CT molecular complexity index is 973. The Kier molecular flexibility index (Phi) is 4.19. The van der Waals surface area contributed by atoms with E-state index < -0.39 is 0 Å². The van der Waals surface area contributed by atoms with E-state index in [-0.39, 0.29) is 30.4 Å². The third kappa shape index (κ3) is 3.19. The van der Waals surface area contributed by atoms with E-state index in [0.717, 1.165) is 16.2 Å². The van der Waals surface area contributed by atoms with E-state index in [2.05, 4.69) is 10.1 Å². The zero-order valence-corrected chi connectivity index (χ0v) is 14.9. The maximum absolute atomic E-state index is 12.4. The van der Waals surface area contributed by atoms with Gasteiger partial charge in [0.05, 0.1) is 17.2 Å². The second-order valence-electron chi connectivity index (χ2n) is 6.44. The van der Waals surface area contributed by atoms with Crippen molar-refractivity contribution in [3.63, 3.8) is 0 Å². The van der Waals surface area contributed by atoms with Crippen LogP contribution in [0.15, 0.2) is 53.1 Å². The Morgan fingerprint density at radius 2 is 1.63 bits per heavy atom. The Morgan fingerprint density at radius 1 is 1.00 bits per heavy atom. The van der Waals surface area contributed by atoms with Gasteiger partial charge in [-0.05, 0) is 50.2 Å². The summed E-state index contributed by atoms with van der Waals surface area (Å²) in [6.07, 6.45) is 0.0901. The number of aromatic nitrogens is 2. The summed E-state index contributed by atoms with van der Waals surface area (Å²) in [6.45, 7) is 3.85. The van der Waals surface area contributed by atoms with Crippen LogP contribution < -0.4 is 4.74 Å². The number of rotatable bonds is 5. The highest BCUT2D eigenvalue weighted by molar-refractivity contribution is 6.21. The summed E-state index contributed by atoms with van der Waals surface area (Å²) in [4.78, 5) is 30.2. The van der Waals surface area contributed by atoms with Crippen LogP contribution in [0.1, 0.15) is 40.5 Å². The molecule has 0 bridgehead atoms. The molecule has 1 aromatic heterocycles. The molecule has 0 fully saturated rings. The molecule has 0 spiro atoms. The summed E-state index contributed by atoms with van der Waals surface area (Å²) in [6, 6.07) is 14.0. The average molecular weight is 363 g/mol. The van der Waals surface area contributed by atoms with E-state index in [4.69, 9.17) is 9.26 Å². The van der Waals surface area contributed by atoms with Crippen LogP contribution in [0.5, 0.6) is 5.75 Å². The number of fused-ring (bicyclic) bond motifs is 1. The van der Waals surface area contributed by atoms with Crippen LogP contribution in [0.25, 0.3) is 11.4 Å². The first-order chi connectivity index (χ1) is 13.0. The van der Waals surface area contributed by atoms with Gasteiger partial charge >= 0.3 is 0 Å². The lowest BCUT2D eigenvalue weighted by molar-refractivity contribution is 0.0625. The molecule has 0 N–H and O–H groups in total. The number of nitrogens with zero attached hydrogens (tertiary/aromatic N) is 3. The second-order valence-corrected chi connectivity index (χ2v) is 6.44. The molecule has 0 unspecified atom stereocenters. The standard InChI is InChI=1S/C20H17N3O4/c1-12(2)26-14-9-7-13(8-10-14)18-21-17(27-22-18)11-23-19(24)15-5-3-4-6-16(15)20(23)25/h3-10,12H,11H2,1-2H3. The molecule has 27 heavy (non-hydrogen) atoms. The first-order valence-corrected chi connectivity index (χ1v) is 8.58. The maximum Gasteiger partial charge on any atom is 0.262 e. The Balaban J connectivity index is 1.51. The number of hydrogen-bond acceptors (Lipinski definition) is 6. The number of benzene rings is 2. The Hall–Kier alpha value is -3.48. The van der Waals surface area contributed by atoms with Crippen LogP contribution >= 0.6 is 0 Å². The second kappa shape index (κ2) is 6.68. The molecule has 136 valence electrons. The first-order valence-electron chi connectivity index (χ1n) is 8.58. The molecule has 2 aromatic carbocycles. The Labute approximate surface area is 155 Å². The van der Waals surface area contributed by atoms with Crippen LogP contribution in [0.4, 0.5) is 0 Å². The fourth-order valence-corrected chi connectivity index (χ4v) is 2.91. The summed E-state index contributed by atoms with van der Waals surface area (Å²) in [5.74, 6) is 0.624. The predicted octanol–water partition coefficient (Wildman–Crippen LogP) is 3.32. The molecule has 7 heteroatoms. The van der Waals surface area contributed by atoms with E-state index >= 15 is 0 Å². The van der Waals surface area contributed by atoms with Crippen LogP contribution in [0.2, 0.25) is 0 Å². The largest absolute Gasteiger partial charge is 0.491 e. The number of amides is 2. The van der Waals surface area contributed by atoms with Gasteiger partial charge in [-0.2, -0.15) is 4.98 Å². The molecule has 4 rings (SSSR count). The molecule has 1 aliphatic rings. The molecule has 2 amide bonds. The average Bonchev–Trinajstić information content (AvgIpc) is 3.22. The first kappa shape index (κ1) is 17.0. The Morgan fingerprint density at radius 3 is 2.22 bits per heavy atom. The third-order valence-electron chi connectivity index (χ3n) is 4.12. The van der Waals surface area contributed by atoms with E-state index in [9.17, 15) is 9.59 Å². The van der Waals surface area contributed by atoms with Crippen LogP contribution in [0.3, 0.4) is 0 Å². The van der Waals surface area contributed by atoms with E-state index in [1.165, 1.54) is 0 Å². The van der Waals surface area contributed by atoms with Crippen LogP contribution in [-0.2, 0) is 6.54 Å². The zero-order chi connectivity index (χ0) is 19.0. The number of carbonyl (C=O) groups excluding carboxylic acids is 2. The van der Waals surface area contributed by atoms with Crippen molar-refractivity contribution in [3.8, 4) is 17.1 Å². The highest BCUT2D eigenvalue weighted by Crippen LogP contribution is 2.25. The number of imide groups is 1.